The van der Waals surface area contributed by atoms with E-state index in [-0.39, 0.29) is 34.8 Å². The number of aromatic nitrogens is 2. The van der Waals surface area contributed by atoms with Crippen LogP contribution < -0.4 is 5.73 Å². The number of amides is 1. The highest BCUT2D eigenvalue weighted by atomic mass is 16.6. The fourth-order valence-electron chi connectivity index (χ4n) is 3.61. The maximum atomic E-state index is 13.0. The monoisotopic (exact) mass is 343 g/mol. The molecule has 1 fully saturated rings. The Morgan fingerprint density at radius 2 is 2.04 bits per heavy atom. The van der Waals surface area contributed by atoms with Gasteiger partial charge in [0, 0.05) is 26.1 Å². The zero-order chi connectivity index (χ0) is 18.1. The van der Waals surface area contributed by atoms with Crippen LogP contribution in [0.2, 0.25) is 0 Å². The van der Waals surface area contributed by atoms with Crippen molar-refractivity contribution < 1.29 is 9.72 Å². The number of carbonyl (C=O) groups excluding carboxylic acids is 1. The summed E-state index contributed by atoms with van der Waals surface area (Å²) in [6.07, 6.45) is 0. The molecule has 0 unspecified atom stereocenters. The topological polar surface area (TPSA) is 107 Å². The van der Waals surface area contributed by atoms with Crippen LogP contribution in [0.15, 0.2) is 30.3 Å². The molecular weight excluding hydrogens is 322 g/mol. The van der Waals surface area contributed by atoms with Gasteiger partial charge in [0.15, 0.2) is 0 Å². The fourth-order valence-corrected chi connectivity index (χ4v) is 3.61. The number of likely N-dealkylation sites (tertiary alicyclic amines) is 1. The molecule has 1 saturated heterocycles. The Morgan fingerprint density at radius 3 is 2.64 bits per heavy atom. The largest absolute Gasteiger partial charge is 0.336 e. The minimum absolute atomic E-state index is 0.0204. The van der Waals surface area contributed by atoms with E-state index in [0.29, 0.717) is 19.6 Å². The average molecular weight is 343 g/mol. The fraction of sp³-hybridized carbons (Fsp3) is 0.412. The molecule has 1 aromatic heterocycles. The van der Waals surface area contributed by atoms with E-state index in [1.165, 1.54) is 11.6 Å². The van der Waals surface area contributed by atoms with Gasteiger partial charge in [0.05, 0.1) is 4.92 Å². The lowest BCUT2D eigenvalue weighted by atomic mass is 9.89. The number of hydrogen-bond donors (Lipinski definition) is 1. The van der Waals surface area contributed by atoms with Crippen LogP contribution in [0.1, 0.15) is 27.7 Å². The molecule has 132 valence electrons. The molecule has 0 aliphatic carbocycles. The van der Waals surface area contributed by atoms with Crippen molar-refractivity contribution in [1.29, 1.82) is 0 Å². The first-order chi connectivity index (χ1) is 11.9. The Balaban J connectivity index is 1.91. The quantitative estimate of drug-likeness (QED) is 0.668. The first-order valence-electron chi connectivity index (χ1n) is 8.16. The summed E-state index contributed by atoms with van der Waals surface area (Å²) in [5, 5.41) is 15.4. The van der Waals surface area contributed by atoms with Crippen LogP contribution in [0.5, 0.6) is 0 Å². The van der Waals surface area contributed by atoms with Gasteiger partial charge in [-0.25, -0.2) is 0 Å². The number of hydrogen-bond acceptors (Lipinski definition) is 5. The molecule has 8 nitrogen and oxygen atoms in total. The third-order valence-corrected chi connectivity index (χ3v) is 4.83. The number of benzene rings is 1. The van der Waals surface area contributed by atoms with E-state index >= 15 is 0 Å². The minimum Gasteiger partial charge on any atom is -0.336 e. The van der Waals surface area contributed by atoms with Crippen LogP contribution in [0.25, 0.3) is 0 Å². The van der Waals surface area contributed by atoms with Crippen molar-refractivity contribution in [3.63, 3.8) is 0 Å². The minimum atomic E-state index is -0.541. The van der Waals surface area contributed by atoms with E-state index < -0.39 is 4.92 Å². The van der Waals surface area contributed by atoms with E-state index in [0.717, 1.165) is 5.56 Å². The van der Waals surface area contributed by atoms with Gasteiger partial charge >= 0.3 is 5.69 Å². The molecule has 0 spiro atoms. The number of nitrogens with two attached hydrogens (primary N) is 1. The van der Waals surface area contributed by atoms with Gasteiger partial charge in [-0.15, -0.1) is 0 Å². The molecule has 2 heterocycles. The van der Waals surface area contributed by atoms with Crippen molar-refractivity contribution >= 4 is 11.6 Å². The van der Waals surface area contributed by atoms with E-state index in [2.05, 4.69) is 5.10 Å². The summed E-state index contributed by atoms with van der Waals surface area (Å²) in [4.78, 5) is 25.4. The lowest BCUT2D eigenvalue weighted by Gasteiger charge is -2.16. The van der Waals surface area contributed by atoms with Crippen LogP contribution >= 0.6 is 0 Å². The van der Waals surface area contributed by atoms with Crippen LogP contribution in [-0.4, -0.2) is 45.1 Å². The SMILES string of the molecule is Cc1nn(C)c(C(=O)N2C[C@@H](CN)[C@H](c3ccccc3)C2)c1[N+](=O)[O-]. The van der Waals surface area contributed by atoms with Crippen LogP contribution in [0.4, 0.5) is 5.69 Å². The molecular formula is C17H21N5O3. The highest BCUT2D eigenvalue weighted by Crippen LogP contribution is 2.34. The second-order valence-corrected chi connectivity index (χ2v) is 6.39. The lowest BCUT2D eigenvalue weighted by molar-refractivity contribution is -0.385. The first kappa shape index (κ1) is 17.1. The molecule has 1 amide bonds. The van der Waals surface area contributed by atoms with E-state index in [1.807, 2.05) is 30.3 Å². The predicted molar refractivity (Wildman–Crippen MR) is 92.2 cm³/mol. The van der Waals surface area contributed by atoms with Gasteiger partial charge in [-0.2, -0.15) is 5.10 Å². The summed E-state index contributed by atoms with van der Waals surface area (Å²) in [6.45, 7) is 2.96. The van der Waals surface area contributed by atoms with Gasteiger partial charge in [-0.1, -0.05) is 30.3 Å². The second kappa shape index (κ2) is 6.64. The molecule has 1 aromatic carbocycles. The third-order valence-electron chi connectivity index (χ3n) is 4.83. The van der Waals surface area contributed by atoms with E-state index in [1.54, 1.807) is 11.9 Å². The second-order valence-electron chi connectivity index (χ2n) is 6.39. The number of aryl methyl sites for hydroxylation is 2. The molecule has 0 radical (unpaired) electrons. The number of carbonyl (C=O) groups is 1. The molecule has 3 rings (SSSR count). The Labute approximate surface area is 145 Å². The highest BCUT2D eigenvalue weighted by molar-refractivity contribution is 5.97. The summed E-state index contributed by atoms with van der Waals surface area (Å²) in [6, 6.07) is 9.92. The molecule has 25 heavy (non-hydrogen) atoms. The smallest absolute Gasteiger partial charge is 0.322 e. The molecule has 2 atom stereocenters. The molecule has 2 N–H and O–H groups in total. The van der Waals surface area contributed by atoms with Crippen molar-refractivity contribution in [3.05, 3.63) is 57.4 Å². The third kappa shape index (κ3) is 3.00. The summed E-state index contributed by atoms with van der Waals surface area (Å²) in [7, 11) is 1.55. The summed E-state index contributed by atoms with van der Waals surface area (Å²) in [5.41, 5.74) is 7.08. The Bertz CT molecular complexity index is 802. The normalized spacial score (nSPS) is 20.0. The maximum Gasteiger partial charge on any atom is 0.322 e. The Hall–Kier alpha value is -2.74. The van der Waals surface area contributed by atoms with Gasteiger partial charge < -0.3 is 10.6 Å². The van der Waals surface area contributed by atoms with Crippen molar-refractivity contribution in [2.45, 2.75) is 12.8 Å². The number of nitro groups is 1. The van der Waals surface area contributed by atoms with Gasteiger partial charge in [0.25, 0.3) is 5.91 Å². The summed E-state index contributed by atoms with van der Waals surface area (Å²) in [5.74, 6) is -0.116. The van der Waals surface area contributed by atoms with Crippen molar-refractivity contribution in [2.24, 2.45) is 18.7 Å². The molecule has 1 aliphatic heterocycles. The zero-order valence-electron chi connectivity index (χ0n) is 14.3. The molecule has 8 heteroatoms. The number of nitrogens with zero attached hydrogens (tertiary/aromatic N) is 4. The lowest BCUT2D eigenvalue weighted by Crippen LogP contribution is -2.31. The van der Waals surface area contributed by atoms with Crippen molar-refractivity contribution in [1.82, 2.24) is 14.7 Å². The Morgan fingerprint density at radius 1 is 1.36 bits per heavy atom. The molecule has 1 aliphatic rings. The Kier molecular flexibility index (Phi) is 4.54. The standard InChI is InChI=1S/C17H21N5O3/c1-11-15(22(24)25)16(20(2)19-11)17(23)21-9-13(8-18)14(10-21)12-6-4-3-5-7-12/h3-7,13-14H,8-10,18H2,1-2H3/t13-,14+/m1/s1. The van der Waals surface area contributed by atoms with Crippen molar-refractivity contribution in [3.8, 4) is 0 Å². The van der Waals surface area contributed by atoms with Crippen LogP contribution in [-0.2, 0) is 7.05 Å². The van der Waals surface area contributed by atoms with E-state index in [9.17, 15) is 14.9 Å². The van der Waals surface area contributed by atoms with Gasteiger partial charge in [0.2, 0.25) is 5.69 Å². The average Bonchev–Trinajstić information content (AvgIpc) is 3.15. The molecule has 0 saturated carbocycles. The summed E-state index contributed by atoms with van der Waals surface area (Å²) >= 11 is 0. The van der Waals surface area contributed by atoms with Crippen molar-refractivity contribution in [2.75, 3.05) is 19.6 Å². The summed E-state index contributed by atoms with van der Waals surface area (Å²) < 4.78 is 1.29. The maximum absolute atomic E-state index is 13.0. The zero-order valence-corrected chi connectivity index (χ0v) is 14.3. The van der Waals surface area contributed by atoms with Crippen LogP contribution in [0, 0.1) is 23.0 Å². The highest BCUT2D eigenvalue weighted by Gasteiger charge is 2.39. The van der Waals surface area contributed by atoms with E-state index in [4.69, 9.17) is 5.73 Å². The first-order valence-corrected chi connectivity index (χ1v) is 8.16. The number of rotatable bonds is 4. The van der Waals surface area contributed by atoms with Gasteiger partial charge in [-0.05, 0) is 24.9 Å². The molecule has 0 bridgehead atoms. The van der Waals surface area contributed by atoms with Gasteiger partial charge in [-0.3, -0.25) is 19.6 Å². The molecule has 2 aromatic rings. The predicted octanol–water partition coefficient (Wildman–Crippen LogP) is 1.45. The van der Waals surface area contributed by atoms with Gasteiger partial charge in [0.1, 0.15) is 5.69 Å². The van der Waals surface area contributed by atoms with Crippen LogP contribution in [0.3, 0.4) is 0 Å².